The lowest BCUT2D eigenvalue weighted by molar-refractivity contribution is -0.159. The fourth-order valence-electron chi connectivity index (χ4n) is 2.29. The zero-order valence-corrected chi connectivity index (χ0v) is 13.4. The molecule has 0 radical (unpaired) electrons. The van der Waals surface area contributed by atoms with Gasteiger partial charge in [0, 0.05) is 11.5 Å². The van der Waals surface area contributed by atoms with Gasteiger partial charge in [0.15, 0.2) is 0 Å². The highest BCUT2D eigenvalue weighted by Crippen LogP contribution is 2.32. The van der Waals surface area contributed by atoms with Crippen LogP contribution in [0.25, 0.3) is 5.57 Å². The van der Waals surface area contributed by atoms with Crippen LogP contribution in [0, 0.1) is 5.41 Å². The first-order chi connectivity index (χ1) is 11.0. The average molecular weight is 342 g/mol. The maximum Gasteiger partial charge on any atom is 0.416 e. The van der Waals surface area contributed by atoms with E-state index in [2.05, 4.69) is 0 Å². The molecule has 0 bridgehead atoms. The van der Waals surface area contributed by atoms with Crippen LogP contribution in [0.15, 0.2) is 30.3 Å². The molecule has 1 fully saturated rings. The predicted octanol–water partition coefficient (Wildman–Crippen LogP) is 3.60. The first kappa shape index (κ1) is 18.0. The molecule has 7 heteroatoms. The molecular formula is C17H17F3O4. The number of ether oxygens (including phenoxy) is 2. The highest BCUT2D eigenvalue weighted by atomic mass is 19.4. The third kappa shape index (κ3) is 3.96. The van der Waals surface area contributed by atoms with E-state index in [-0.39, 0.29) is 12.2 Å². The van der Waals surface area contributed by atoms with Crippen molar-refractivity contribution < 1.29 is 32.2 Å². The van der Waals surface area contributed by atoms with Crippen LogP contribution in [0.4, 0.5) is 13.2 Å². The molecular weight excluding hydrogens is 325 g/mol. The molecule has 1 aliphatic heterocycles. The van der Waals surface area contributed by atoms with Gasteiger partial charge in [0.05, 0.1) is 5.56 Å². The SMILES string of the molecule is CC(=CC(=O)O[C@H]1C(=O)OCC1(C)C)c1cccc(C(F)(F)F)c1. The zero-order valence-electron chi connectivity index (χ0n) is 13.4. The smallest absolute Gasteiger partial charge is 0.416 e. The van der Waals surface area contributed by atoms with E-state index < -0.39 is 35.2 Å². The first-order valence-corrected chi connectivity index (χ1v) is 7.24. The van der Waals surface area contributed by atoms with E-state index in [9.17, 15) is 22.8 Å². The molecule has 0 unspecified atom stereocenters. The third-order valence-corrected chi connectivity index (χ3v) is 3.72. The summed E-state index contributed by atoms with van der Waals surface area (Å²) in [6.07, 6.45) is -4.43. The lowest BCUT2D eigenvalue weighted by Crippen LogP contribution is -2.34. The first-order valence-electron chi connectivity index (χ1n) is 7.24. The summed E-state index contributed by atoms with van der Waals surface area (Å²) in [5, 5.41) is 0. The molecule has 0 aromatic heterocycles. The molecule has 1 aliphatic rings. The molecule has 24 heavy (non-hydrogen) atoms. The number of carbonyl (C=O) groups is 2. The second-order valence-electron chi connectivity index (χ2n) is 6.32. The Kier molecular flexibility index (Phi) is 4.73. The summed E-state index contributed by atoms with van der Waals surface area (Å²) in [5.41, 5.74) is -0.906. The number of hydrogen-bond acceptors (Lipinski definition) is 4. The van der Waals surface area contributed by atoms with Crippen molar-refractivity contribution >= 4 is 17.5 Å². The second kappa shape index (κ2) is 6.30. The Morgan fingerprint density at radius 3 is 2.58 bits per heavy atom. The van der Waals surface area contributed by atoms with Gasteiger partial charge in [-0.2, -0.15) is 13.2 Å². The van der Waals surface area contributed by atoms with Gasteiger partial charge in [-0.15, -0.1) is 0 Å². The summed E-state index contributed by atoms with van der Waals surface area (Å²) in [6.45, 7) is 5.08. The number of hydrogen-bond donors (Lipinski definition) is 0. The number of allylic oxidation sites excluding steroid dienone is 1. The van der Waals surface area contributed by atoms with Gasteiger partial charge in [-0.3, -0.25) is 0 Å². The molecule has 1 atom stereocenters. The van der Waals surface area contributed by atoms with Crippen molar-refractivity contribution in [2.45, 2.75) is 33.1 Å². The number of carbonyl (C=O) groups excluding carboxylic acids is 2. The molecule has 0 aliphatic carbocycles. The molecule has 1 aromatic carbocycles. The van der Waals surface area contributed by atoms with Gasteiger partial charge in [-0.25, -0.2) is 9.59 Å². The zero-order chi connectivity index (χ0) is 18.1. The van der Waals surface area contributed by atoms with Gasteiger partial charge in [-0.1, -0.05) is 26.0 Å². The highest BCUT2D eigenvalue weighted by molar-refractivity contribution is 5.93. The molecule has 2 rings (SSSR count). The van der Waals surface area contributed by atoms with Crippen LogP contribution < -0.4 is 0 Å². The van der Waals surface area contributed by atoms with E-state index in [1.807, 2.05) is 0 Å². The van der Waals surface area contributed by atoms with E-state index >= 15 is 0 Å². The van der Waals surface area contributed by atoms with Crippen LogP contribution in [-0.2, 0) is 25.2 Å². The van der Waals surface area contributed by atoms with Crippen molar-refractivity contribution in [1.29, 1.82) is 0 Å². The minimum atomic E-state index is -4.46. The molecule has 1 heterocycles. The molecule has 0 amide bonds. The molecule has 1 saturated heterocycles. The third-order valence-electron chi connectivity index (χ3n) is 3.72. The van der Waals surface area contributed by atoms with Crippen molar-refractivity contribution in [1.82, 2.24) is 0 Å². The minimum Gasteiger partial charge on any atom is -0.462 e. The van der Waals surface area contributed by atoms with E-state index in [0.717, 1.165) is 18.2 Å². The van der Waals surface area contributed by atoms with Crippen molar-refractivity contribution in [2.75, 3.05) is 6.61 Å². The molecule has 0 spiro atoms. The number of alkyl halides is 3. The highest BCUT2D eigenvalue weighted by Gasteiger charge is 2.46. The quantitative estimate of drug-likeness (QED) is 0.622. The van der Waals surface area contributed by atoms with Crippen molar-refractivity contribution in [3.8, 4) is 0 Å². The Morgan fingerprint density at radius 1 is 1.38 bits per heavy atom. The fourth-order valence-corrected chi connectivity index (χ4v) is 2.29. The topological polar surface area (TPSA) is 52.6 Å². The predicted molar refractivity (Wildman–Crippen MR) is 79.7 cm³/mol. The van der Waals surface area contributed by atoms with Crippen LogP contribution in [0.1, 0.15) is 31.9 Å². The number of benzene rings is 1. The largest absolute Gasteiger partial charge is 0.462 e. The number of cyclic esters (lactones) is 1. The van der Waals surface area contributed by atoms with Crippen LogP contribution >= 0.6 is 0 Å². The summed E-state index contributed by atoms with van der Waals surface area (Å²) in [6, 6.07) is 4.62. The Bertz CT molecular complexity index is 689. The van der Waals surface area contributed by atoms with Crippen LogP contribution in [0.2, 0.25) is 0 Å². The molecule has 1 aromatic rings. The average Bonchev–Trinajstić information content (AvgIpc) is 2.73. The van der Waals surface area contributed by atoms with Crippen molar-refractivity contribution in [2.24, 2.45) is 5.41 Å². The number of rotatable bonds is 3. The Balaban J connectivity index is 2.16. The maximum absolute atomic E-state index is 12.7. The lowest BCUT2D eigenvalue weighted by atomic mass is 9.90. The summed E-state index contributed by atoms with van der Waals surface area (Å²) in [7, 11) is 0. The molecule has 0 saturated carbocycles. The van der Waals surface area contributed by atoms with Gasteiger partial charge in [-0.05, 0) is 30.2 Å². The van der Waals surface area contributed by atoms with Crippen LogP contribution in [0.5, 0.6) is 0 Å². The normalized spacial score (nSPS) is 20.7. The van der Waals surface area contributed by atoms with Gasteiger partial charge < -0.3 is 9.47 Å². The number of halogens is 3. The minimum absolute atomic E-state index is 0.139. The van der Waals surface area contributed by atoms with E-state index in [1.165, 1.54) is 19.1 Å². The Morgan fingerprint density at radius 2 is 2.04 bits per heavy atom. The van der Waals surface area contributed by atoms with Crippen molar-refractivity contribution in [3.05, 3.63) is 41.5 Å². The van der Waals surface area contributed by atoms with Gasteiger partial charge in [0.1, 0.15) is 6.61 Å². The molecule has 4 nitrogen and oxygen atoms in total. The van der Waals surface area contributed by atoms with Gasteiger partial charge >= 0.3 is 18.1 Å². The molecule has 130 valence electrons. The van der Waals surface area contributed by atoms with E-state index in [1.54, 1.807) is 13.8 Å². The number of esters is 2. The van der Waals surface area contributed by atoms with Crippen LogP contribution in [0.3, 0.4) is 0 Å². The van der Waals surface area contributed by atoms with E-state index in [4.69, 9.17) is 9.47 Å². The van der Waals surface area contributed by atoms with Crippen LogP contribution in [-0.4, -0.2) is 24.6 Å². The lowest BCUT2D eigenvalue weighted by Gasteiger charge is -2.21. The monoisotopic (exact) mass is 342 g/mol. The standard InChI is InChI=1S/C17H17F3O4/c1-10(11-5-4-6-12(8-11)17(18,19)20)7-13(21)24-14-15(22)23-9-16(14,2)3/h4-8,14H,9H2,1-3H3/t14-/m0/s1. The van der Waals surface area contributed by atoms with Gasteiger partial charge in [0.25, 0.3) is 0 Å². The summed E-state index contributed by atoms with van der Waals surface area (Å²) in [5.74, 6) is -1.43. The maximum atomic E-state index is 12.7. The Hall–Kier alpha value is -2.31. The molecule has 0 N–H and O–H groups in total. The summed E-state index contributed by atoms with van der Waals surface area (Å²) < 4.78 is 48.2. The van der Waals surface area contributed by atoms with Gasteiger partial charge in [0.2, 0.25) is 6.10 Å². The fraction of sp³-hybridized carbons (Fsp3) is 0.412. The summed E-state index contributed by atoms with van der Waals surface area (Å²) in [4.78, 5) is 23.6. The second-order valence-corrected chi connectivity index (χ2v) is 6.32. The van der Waals surface area contributed by atoms with E-state index in [0.29, 0.717) is 5.57 Å². The summed E-state index contributed by atoms with van der Waals surface area (Å²) >= 11 is 0. The Labute approximate surface area is 137 Å². The van der Waals surface area contributed by atoms with Crippen molar-refractivity contribution in [3.63, 3.8) is 0 Å².